The first-order valence-electron chi connectivity index (χ1n) is 6.89. The van der Waals surface area contributed by atoms with Gasteiger partial charge in [-0.3, -0.25) is 0 Å². The maximum atomic E-state index is 13.1. The molecule has 5 heteroatoms. The van der Waals surface area contributed by atoms with Crippen molar-refractivity contribution in [1.29, 1.82) is 0 Å². The van der Waals surface area contributed by atoms with Gasteiger partial charge in [-0.25, -0.2) is 0 Å². The summed E-state index contributed by atoms with van der Waals surface area (Å²) in [6.07, 6.45) is 0.464. The van der Waals surface area contributed by atoms with Gasteiger partial charge in [0.05, 0.1) is 12.7 Å². The molecule has 0 amide bonds. The van der Waals surface area contributed by atoms with Gasteiger partial charge in [0.25, 0.3) is 0 Å². The lowest BCUT2D eigenvalue weighted by atomic mass is 9.69. The molecule has 0 radical (unpaired) electrons. The molecule has 0 atom stereocenters. The number of halogens is 3. The van der Waals surface area contributed by atoms with E-state index in [0.29, 0.717) is 12.1 Å². The van der Waals surface area contributed by atoms with E-state index in [4.69, 9.17) is 10.5 Å². The lowest BCUT2D eigenvalue weighted by Gasteiger charge is -2.37. The van der Waals surface area contributed by atoms with Crippen LogP contribution in [0.15, 0.2) is 18.2 Å². The maximum Gasteiger partial charge on any atom is 0.419 e. The van der Waals surface area contributed by atoms with Crippen LogP contribution in [0.4, 0.5) is 13.2 Å². The third kappa shape index (κ3) is 2.77. The zero-order chi connectivity index (χ0) is 14.8. The van der Waals surface area contributed by atoms with Gasteiger partial charge < -0.3 is 10.5 Å². The van der Waals surface area contributed by atoms with Crippen molar-refractivity contribution in [2.45, 2.75) is 43.7 Å². The molecule has 1 fully saturated rings. The van der Waals surface area contributed by atoms with Crippen molar-refractivity contribution in [1.82, 2.24) is 0 Å². The first-order valence-corrected chi connectivity index (χ1v) is 6.89. The van der Waals surface area contributed by atoms with Crippen LogP contribution in [0.2, 0.25) is 0 Å². The largest absolute Gasteiger partial charge is 0.496 e. The summed E-state index contributed by atoms with van der Waals surface area (Å²) in [4.78, 5) is 0. The van der Waals surface area contributed by atoms with Crippen LogP contribution >= 0.6 is 0 Å². The van der Waals surface area contributed by atoms with Crippen molar-refractivity contribution in [3.05, 3.63) is 29.3 Å². The molecule has 0 bridgehead atoms. The fourth-order valence-corrected chi connectivity index (χ4v) is 3.10. The van der Waals surface area contributed by atoms with Gasteiger partial charge >= 0.3 is 6.18 Å². The fourth-order valence-electron chi connectivity index (χ4n) is 3.10. The van der Waals surface area contributed by atoms with E-state index < -0.39 is 11.7 Å². The molecule has 2 N–H and O–H groups in total. The Morgan fingerprint density at radius 1 is 1.20 bits per heavy atom. The second-order valence-electron chi connectivity index (χ2n) is 5.46. The van der Waals surface area contributed by atoms with Crippen LogP contribution in [-0.4, -0.2) is 13.7 Å². The molecule has 0 unspecified atom stereocenters. The molecule has 1 aliphatic rings. The van der Waals surface area contributed by atoms with Crippen molar-refractivity contribution in [2.75, 3.05) is 13.7 Å². The van der Waals surface area contributed by atoms with Crippen molar-refractivity contribution in [2.24, 2.45) is 5.73 Å². The molecule has 112 valence electrons. The Balaban J connectivity index is 2.47. The summed E-state index contributed by atoms with van der Waals surface area (Å²) in [6.45, 7) is 0.386. The standard InChI is InChI=1S/C15H20F3NO/c1-20-13-6-5-11(9-12(13)15(16,17)18)14(10-19)7-3-2-4-8-14/h5-6,9H,2-4,7-8,10,19H2,1H3. The van der Waals surface area contributed by atoms with Gasteiger partial charge in [-0.1, -0.05) is 25.3 Å². The normalized spacial score (nSPS) is 18.9. The number of nitrogens with two attached hydrogens (primary N) is 1. The van der Waals surface area contributed by atoms with Crippen LogP contribution in [0.1, 0.15) is 43.2 Å². The lowest BCUT2D eigenvalue weighted by Crippen LogP contribution is -2.37. The SMILES string of the molecule is COc1ccc(C2(CN)CCCCC2)cc1C(F)(F)F. The Kier molecular flexibility index (Phi) is 4.28. The average molecular weight is 287 g/mol. The highest BCUT2D eigenvalue weighted by atomic mass is 19.4. The molecule has 20 heavy (non-hydrogen) atoms. The van der Waals surface area contributed by atoms with Crippen molar-refractivity contribution in [3.8, 4) is 5.75 Å². The molecule has 1 saturated carbocycles. The zero-order valence-electron chi connectivity index (χ0n) is 11.6. The van der Waals surface area contributed by atoms with Crippen LogP contribution in [0.25, 0.3) is 0 Å². The summed E-state index contributed by atoms with van der Waals surface area (Å²) in [7, 11) is 1.25. The van der Waals surface area contributed by atoms with Crippen LogP contribution in [-0.2, 0) is 11.6 Å². The van der Waals surface area contributed by atoms with Crippen molar-refractivity contribution in [3.63, 3.8) is 0 Å². The number of benzene rings is 1. The lowest BCUT2D eigenvalue weighted by molar-refractivity contribution is -0.138. The van der Waals surface area contributed by atoms with E-state index in [1.807, 2.05) is 0 Å². The first kappa shape index (κ1) is 15.2. The van der Waals surface area contributed by atoms with Gasteiger partial charge in [-0.2, -0.15) is 13.2 Å². The molecule has 1 aromatic carbocycles. The summed E-state index contributed by atoms with van der Waals surface area (Å²) in [5.74, 6) is -0.135. The van der Waals surface area contributed by atoms with Gasteiger partial charge in [0, 0.05) is 12.0 Å². The Hall–Kier alpha value is -1.23. The maximum absolute atomic E-state index is 13.1. The van der Waals surface area contributed by atoms with E-state index >= 15 is 0 Å². The van der Waals surface area contributed by atoms with E-state index in [1.54, 1.807) is 6.07 Å². The van der Waals surface area contributed by atoms with Gasteiger partial charge in [-0.15, -0.1) is 0 Å². The molecule has 0 aliphatic heterocycles. The van der Waals surface area contributed by atoms with Gasteiger partial charge in [0.1, 0.15) is 5.75 Å². The van der Waals surface area contributed by atoms with Crippen LogP contribution in [0.3, 0.4) is 0 Å². The monoisotopic (exact) mass is 287 g/mol. The number of ether oxygens (including phenoxy) is 1. The molecule has 1 aromatic rings. The highest BCUT2D eigenvalue weighted by molar-refractivity contribution is 5.42. The molecule has 2 nitrogen and oxygen atoms in total. The first-order chi connectivity index (χ1) is 9.43. The summed E-state index contributed by atoms with van der Waals surface area (Å²) in [5, 5.41) is 0. The summed E-state index contributed by atoms with van der Waals surface area (Å²) < 4.78 is 44.1. The van der Waals surface area contributed by atoms with E-state index in [9.17, 15) is 13.2 Å². The summed E-state index contributed by atoms with van der Waals surface area (Å²) in [5.41, 5.74) is 5.55. The third-order valence-electron chi connectivity index (χ3n) is 4.32. The molecule has 2 rings (SSSR count). The fraction of sp³-hybridized carbons (Fsp3) is 0.600. The topological polar surface area (TPSA) is 35.2 Å². The minimum atomic E-state index is -4.41. The van der Waals surface area contributed by atoms with Gasteiger partial charge in [0.2, 0.25) is 0 Å². The highest BCUT2D eigenvalue weighted by Gasteiger charge is 2.38. The predicted molar refractivity (Wildman–Crippen MR) is 71.8 cm³/mol. The average Bonchev–Trinajstić information content (AvgIpc) is 2.46. The Labute approximate surface area is 117 Å². The van der Waals surface area contributed by atoms with E-state index in [-0.39, 0.29) is 11.2 Å². The Morgan fingerprint density at radius 3 is 2.35 bits per heavy atom. The molecule has 0 aromatic heterocycles. The third-order valence-corrected chi connectivity index (χ3v) is 4.32. The quantitative estimate of drug-likeness (QED) is 0.915. The van der Waals surface area contributed by atoms with E-state index in [0.717, 1.165) is 32.1 Å². The molecule has 1 aliphatic carbocycles. The number of hydrogen-bond acceptors (Lipinski definition) is 2. The smallest absolute Gasteiger partial charge is 0.419 e. The Bertz CT molecular complexity index is 465. The molecule has 0 spiro atoms. The van der Waals surface area contributed by atoms with Crippen molar-refractivity contribution < 1.29 is 17.9 Å². The van der Waals surface area contributed by atoms with Crippen LogP contribution in [0.5, 0.6) is 5.75 Å². The van der Waals surface area contributed by atoms with Crippen LogP contribution < -0.4 is 10.5 Å². The van der Waals surface area contributed by atoms with E-state index in [1.165, 1.54) is 19.2 Å². The molecule has 0 saturated heterocycles. The molecular formula is C15H20F3NO. The number of hydrogen-bond donors (Lipinski definition) is 1. The molecule has 0 heterocycles. The minimum absolute atomic E-state index is 0.135. The second-order valence-corrected chi connectivity index (χ2v) is 5.46. The number of rotatable bonds is 3. The number of alkyl halides is 3. The zero-order valence-corrected chi connectivity index (χ0v) is 11.6. The highest BCUT2D eigenvalue weighted by Crippen LogP contribution is 2.43. The van der Waals surface area contributed by atoms with Gasteiger partial charge in [0.15, 0.2) is 0 Å². The second kappa shape index (κ2) is 5.64. The van der Waals surface area contributed by atoms with Crippen molar-refractivity contribution >= 4 is 0 Å². The number of methoxy groups -OCH3 is 1. The minimum Gasteiger partial charge on any atom is -0.496 e. The predicted octanol–water partition coefficient (Wildman–Crippen LogP) is 3.87. The molecular weight excluding hydrogens is 267 g/mol. The van der Waals surface area contributed by atoms with Gasteiger partial charge in [-0.05, 0) is 30.5 Å². The van der Waals surface area contributed by atoms with E-state index in [2.05, 4.69) is 0 Å². The van der Waals surface area contributed by atoms with Crippen LogP contribution in [0, 0.1) is 0 Å². The summed E-state index contributed by atoms with van der Waals surface area (Å²) in [6, 6.07) is 4.35. The summed E-state index contributed by atoms with van der Waals surface area (Å²) >= 11 is 0. The Morgan fingerprint density at radius 2 is 1.85 bits per heavy atom.